The van der Waals surface area contributed by atoms with Gasteiger partial charge in [0.05, 0.1) is 22.1 Å². The van der Waals surface area contributed by atoms with E-state index in [9.17, 15) is 45.1 Å². The van der Waals surface area contributed by atoms with Gasteiger partial charge in [0, 0.05) is 30.0 Å². The van der Waals surface area contributed by atoms with Crippen LogP contribution in [-0.4, -0.2) is 21.9 Å². The second kappa shape index (κ2) is 13.0. The van der Waals surface area contributed by atoms with Crippen molar-refractivity contribution in [3.05, 3.63) is 93.0 Å². The third-order valence-corrected chi connectivity index (χ3v) is 8.37. The molecule has 0 aromatic heterocycles. The van der Waals surface area contributed by atoms with Crippen molar-refractivity contribution >= 4 is 63.8 Å². The van der Waals surface area contributed by atoms with Gasteiger partial charge in [-0.2, -0.15) is 26.3 Å². The molecular formula is C30H21Cl3F8N2O3. The van der Waals surface area contributed by atoms with E-state index < -0.39 is 86.6 Å². The summed E-state index contributed by atoms with van der Waals surface area (Å²) in [5, 5.41) is 4.36. The second-order valence-electron chi connectivity index (χ2n) is 10.4. The molecule has 5 nitrogen and oxygen atoms in total. The van der Waals surface area contributed by atoms with Crippen LogP contribution in [0.2, 0.25) is 5.02 Å². The molecule has 3 aromatic rings. The van der Waals surface area contributed by atoms with Crippen LogP contribution in [0.25, 0.3) is 0 Å². The SMILES string of the molecule is CCCC(=O)Nc1c(F)ccc(CC(=O)c2cc(NC(=O)C3C(c4cc(C(F)(F)F)cc(C(F)(F)F)c4)C3(Cl)Cl)ccc2Cl)c1F. The summed E-state index contributed by atoms with van der Waals surface area (Å²) < 4.78 is 107. The van der Waals surface area contributed by atoms with E-state index in [-0.39, 0.29) is 34.3 Å². The normalized spacial score (nSPS) is 17.4. The Morgan fingerprint density at radius 3 is 2.04 bits per heavy atom. The summed E-state index contributed by atoms with van der Waals surface area (Å²) in [6.07, 6.45) is -10.5. The number of rotatable bonds is 9. The summed E-state index contributed by atoms with van der Waals surface area (Å²) in [6, 6.07) is 6.20. The number of halogens is 11. The summed E-state index contributed by atoms with van der Waals surface area (Å²) in [4.78, 5) is 38.0. The molecule has 1 saturated carbocycles. The van der Waals surface area contributed by atoms with E-state index in [1.807, 2.05) is 0 Å². The number of anilines is 2. The molecule has 0 bridgehead atoms. The minimum Gasteiger partial charge on any atom is -0.326 e. The van der Waals surface area contributed by atoms with Crippen molar-refractivity contribution in [1.82, 2.24) is 0 Å². The predicted molar refractivity (Wildman–Crippen MR) is 155 cm³/mol. The molecule has 1 fully saturated rings. The second-order valence-corrected chi connectivity index (χ2v) is 12.3. The molecule has 3 aromatic carbocycles. The van der Waals surface area contributed by atoms with Crippen LogP contribution in [0.15, 0.2) is 48.5 Å². The molecule has 0 aliphatic heterocycles. The van der Waals surface area contributed by atoms with E-state index in [0.717, 1.165) is 18.2 Å². The Morgan fingerprint density at radius 1 is 0.870 bits per heavy atom. The predicted octanol–water partition coefficient (Wildman–Crippen LogP) is 9.35. The van der Waals surface area contributed by atoms with Gasteiger partial charge in [-0.15, -0.1) is 23.2 Å². The third-order valence-electron chi connectivity index (χ3n) is 7.10. The van der Waals surface area contributed by atoms with Gasteiger partial charge in [0.25, 0.3) is 0 Å². The first-order valence-electron chi connectivity index (χ1n) is 13.3. The van der Waals surface area contributed by atoms with E-state index in [2.05, 4.69) is 10.6 Å². The van der Waals surface area contributed by atoms with Crippen LogP contribution >= 0.6 is 34.8 Å². The van der Waals surface area contributed by atoms with Gasteiger partial charge < -0.3 is 10.6 Å². The average molecular weight is 716 g/mol. The van der Waals surface area contributed by atoms with Gasteiger partial charge in [0.15, 0.2) is 11.6 Å². The van der Waals surface area contributed by atoms with Crippen molar-refractivity contribution in [2.24, 2.45) is 5.92 Å². The standard InChI is InChI=1S/C30H21Cl3F8N2O3/c1-2-3-22(45)43-26-20(34)7-4-13(25(26)35)10-21(44)18-12-17(5-6-19(18)31)42-27(46)24-23(28(24,32)33)14-8-15(29(36,37)38)11-16(9-14)30(39,40)41/h4-9,11-12,23-24H,2-3,10H2,1H3,(H,42,46)(H,43,45). The fourth-order valence-electron chi connectivity index (χ4n) is 4.81. The summed E-state index contributed by atoms with van der Waals surface area (Å²) >= 11 is 18.5. The fraction of sp³-hybridized carbons (Fsp3) is 0.300. The average Bonchev–Trinajstić information content (AvgIpc) is 3.54. The number of nitrogens with one attached hydrogen (secondary N) is 2. The maximum atomic E-state index is 15.0. The Morgan fingerprint density at radius 2 is 1.48 bits per heavy atom. The topological polar surface area (TPSA) is 75.3 Å². The minimum atomic E-state index is -5.14. The molecule has 1 aliphatic rings. The molecule has 0 saturated heterocycles. The van der Waals surface area contributed by atoms with E-state index in [0.29, 0.717) is 18.6 Å². The number of hydrogen-bond donors (Lipinski definition) is 2. The molecule has 1 aliphatic carbocycles. The Bertz CT molecular complexity index is 1680. The van der Waals surface area contributed by atoms with Crippen LogP contribution in [0.1, 0.15) is 58.3 Å². The van der Waals surface area contributed by atoms with Crippen LogP contribution in [-0.2, 0) is 28.4 Å². The summed E-state index contributed by atoms with van der Waals surface area (Å²) in [6.45, 7) is 1.69. The van der Waals surface area contributed by atoms with Crippen molar-refractivity contribution in [2.45, 2.75) is 48.8 Å². The zero-order valence-corrected chi connectivity index (χ0v) is 25.5. The quantitative estimate of drug-likeness (QED) is 0.132. The van der Waals surface area contributed by atoms with Crippen molar-refractivity contribution in [2.75, 3.05) is 10.6 Å². The molecule has 0 spiro atoms. The Labute approximate surface area is 271 Å². The van der Waals surface area contributed by atoms with Crippen LogP contribution < -0.4 is 10.6 Å². The fourth-order valence-corrected chi connectivity index (χ4v) is 5.86. The van der Waals surface area contributed by atoms with Crippen molar-refractivity contribution in [3.8, 4) is 0 Å². The van der Waals surface area contributed by atoms with Gasteiger partial charge >= 0.3 is 12.4 Å². The number of hydrogen-bond acceptors (Lipinski definition) is 3. The molecule has 0 radical (unpaired) electrons. The number of alkyl halides is 8. The third kappa shape index (κ3) is 7.58. The highest BCUT2D eigenvalue weighted by Gasteiger charge is 2.68. The van der Waals surface area contributed by atoms with Gasteiger partial charge in [0.1, 0.15) is 15.8 Å². The van der Waals surface area contributed by atoms with Crippen LogP contribution in [0.5, 0.6) is 0 Å². The van der Waals surface area contributed by atoms with Gasteiger partial charge in [-0.25, -0.2) is 8.78 Å². The van der Waals surface area contributed by atoms with Crippen molar-refractivity contribution < 1.29 is 49.5 Å². The maximum absolute atomic E-state index is 15.0. The lowest BCUT2D eigenvalue weighted by Crippen LogP contribution is -2.18. The highest BCUT2D eigenvalue weighted by atomic mass is 35.5. The minimum absolute atomic E-state index is 0.000852. The highest BCUT2D eigenvalue weighted by molar-refractivity contribution is 6.53. The van der Waals surface area contributed by atoms with Crippen molar-refractivity contribution in [3.63, 3.8) is 0 Å². The van der Waals surface area contributed by atoms with Crippen LogP contribution in [0.3, 0.4) is 0 Å². The lowest BCUT2D eigenvalue weighted by atomic mass is 10.0. The van der Waals surface area contributed by atoms with E-state index >= 15 is 4.39 Å². The largest absolute Gasteiger partial charge is 0.416 e. The zero-order valence-electron chi connectivity index (χ0n) is 23.3. The molecule has 2 atom stereocenters. The smallest absolute Gasteiger partial charge is 0.326 e. The first-order chi connectivity index (χ1) is 21.2. The maximum Gasteiger partial charge on any atom is 0.416 e. The number of benzene rings is 3. The van der Waals surface area contributed by atoms with Gasteiger partial charge in [0.2, 0.25) is 11.8 Å². The summed E-state index contributed by atoms with van der Waals surface area (Å²) in [7, 11) is 0. The molecule has 0 heterocycles. The molecule has 246 valence electrons. The van der Waals surface area contributed by atoms with Gasteiger partial charge in [-0.3, -0.25) is 14.4 Å². The van der Waals surface area contributed by atoms with E-state index in [1.165, 1.54) is 12.1 Å². The number of carbonyl (C=O) groups is 3. The van der Waals surface area contributed by atoms with Gasteiger partial charge in [-0.05, 0) is 60.0 Å². The van der Waals surface area contributed by atoms with Crippen molar-refractivity contribution in [1.29, 1.82) is 0 Å². The molecule has 16 heteroatoms. The first kappa shape index (κ1) is 35.4. The molecule has 2 amide bonds. The van der Waals surface area contributed by atoms with E-state index in [1.54, 1.807) is 6.92 Å². The molecule has 4 rings (SSSR count). The summed E-state index contributed by atoms with van der Waals surface area (Å²) in [5.41, 5.74) is -5.10. The monoisotopic (exact) mass is 714 g/mol. The number of ketones is 1. The Kier molecular flexibility index (Phi) is 10.0. The lowest BCUT2D eigenvalue weighted by molar-refractivity contribution is -0.143. The Balaban J connectivity index is 1.56. The highest BCUT2D eigenvalue weighted by Crippen LogP contribution is 2.65. The summed E-state index contributed by atoms with van der Waals surface area (Å²) in [5.74, 6) is -7.60. The lowest BCUT2D eigenvalue weighted by Gasteiger charge is -2.14. The van der Waals surface area contributed by atoms with Crippen LogP contribution in [0, 0.1) is 17.6 Å². The Hall–Kier alpha value is -3.42. The van der Waals surface area contributed by atoms with E-state index in [4.69, 9.17) is 34.8 Å². The number of amides is 2. The molecule has 2 unspecified atom stereocenters. The van der Waals surface area contributed by atoms with Gasteiger partial charge in [-0.1, -0.05) is 24.6 Å². The molecular weight excluding hydrogens is 695 g/mol. The molecule has 46 heavy (non-hydrogen) atoms. The van der Waals surface area contributed by atoms with Crippen LogP contribution in [0.4, 0.5) is 46.5 Å². The zero-order chi connectivity index (χ0) is 34.4. The molecule has 2 N–H and O–H groups in total. The number of Topliss-reactive ketones (excluding diaryl/α,β-unsaturated/α-hetero) is 1. The number of carbonyl (C=O) groups excluding carboxylic acids is 3. The first-order valence-corrected chi connectivity index (χ1v) is 14.5.